The molecule has 0 unspecified atom stereocenters. The van der Waals surface area contributed by atoms with E-state index in [0.29, 0.717) is 12.0 Å². The number of carbonyl (C=O) groups is 1. The van der Waals surface area contributed by atoms with Gasteiger partial charge in [0.25, 0.3) is 0 Å². The van der Waals surface area contributed by atoms with E-state index < -0.39 is 5.91 Å². The molecule has 0 fully saturated rings. The summed E-state index contributed by atoms with van der Waals surface area (Å²) in [5.74, 6) is -0.410. The zero-order chi connectivity index (χ0) is 12.3. The number of amides is 1. The third kappa shape index (κ3) is 2.68. The summed E-state index contributed by atoms with van der Waals surface area (Å²) >= 11 is 4.38. The molecule has 0 spiro atoms. The molecule has 0 heterocycles. The van der Waals surface area contributed by atoms with E-state index in [4.69, 9.17) is 5.73 Å². The van der Waals surface area contributed by atoms with Crippen LogP contribution in [0.3, 0.4) is 0 Å². The van der Waals surface area contributed by atoms with Gasteiger partial charge in [0.2, 0.25) is 5.91 Å². The Morgan fingerprint density at radius 1 is 1.06 bits per heavy atom. The maximum absolute atomic E-state index is 11.4. The van der Waals surface area contributed by atoms with E-state index in [2.05, 4.69) is 12.6 Å². The Morgan fingerprint density at radius 3 is 2.41 bits per heavy atom. The molecule has 0 aliphatic heterocycles. The average molecular weight is 243 g/mol. The minimum atomic E-state index is -0.410. The number of benzene rings is 2. The molecular weight excluding hydrogens is 230 g/mol. The smallest absolute Gasteiger partial charge is 0.249 e. The highest BCUT2D eigenvalue weighted by molar-refractivity contribution is 7.80. The van der Waals surface area contributed by atoms with E-state index in [1.165, 1.54) is 0 Å². The van der Waals surface area contributed by atoms with Crippen molar-refractivity contribution in [2.75, 3.05) is 0 Å². The predicted octanol–water partition coefficient (Wildman–Crippen LogP) is 2.67. The van der Waals surface area contributed by atoms with Gasteiger partial charge in [0.05, 0.1) is 0 Å². The van der Waals surface area contributed by atoms with Crippen LogP contribution < -0.4 is 5.73 Å². The predicted molar refractivity (Wildman–Crippen MR) is 71.5 cm³/mol. The Morgan fingerprint density at radius 2 is 1.76 bits per heavy atom. The SMILES string of the molecule is NC(=O)c1cccc(S)c1Cc1ccccc1. The Bertz CT molecular complexity index is 537. The monoisotopic (exact) mass is 243 g/mol. The van der Waals surface area contributed by atoms with Crippen molar-refractivity contribution in [1.82, 2.24) is 0 Å². The summed E-state index contributed by atoms with van der Waals surface area (Å²) in [6, 6.07) is 15.3. The van der Waals surface area contributed by atoms with Gasteiger partial charge in [-0.2, -0.15) is 0 Å². The molecule has 2 nitrogen and oxygen atoms in total. The lowest BCUT2D eigenvalue weighted by atomic mass is 9.99. The molecular formula is C14H13NOS. The molecule has 0 bridgehead atoms. The molecule has 0 aliphatic carbocycles. The second-order valence-electron chi connectivity index (χ2n) is 3.83. The first-order valence-corrected chi connectivity index (χ1v) is 5.78. The molecule has 3 heteroatoms. The number of thiol groups is 1. The summed E-state index contributed by atoms with van der Waals surface area (Å²) in [5, 5.41) is 0. The summed E-state index contributed by atoms with van der Waals surface area (Å²) in [4.78, 5) is 12.1. The second kappa shape index (κ2) is 5.06. The summed E-state index contributed by atoms with van der Waals surface area (Å²) in [6.45, 7) is 0. The van der Waals surface area contributed by atoms with Crippen LogP contribution in [-0.2, 0) is 6.42 Å². The van der Waals surface area contributed by atoms with Crippen molar-refractivity contribution in [3.05, 3.63) is 65.2 Å². The van der Waals surface area contributed by atoms with E-state index in [1.54, 1.807) is 12.1 Å². The van der Waals surface area contributed by atoms with Gasteiger partial charge in [0.1, 0.15) is 0 Å². The van der Waals surface area contributed by atoms with Crippen molar-refractivity contribution < 1.29 is 4.79 Å². The van der Waals surface area contributed by atoms with Crippen molar-refractivity contribution in [2.24, 2.45) is 5.73 Å². The first-order valence-electron chi connectivity index (χ1n) is 5.33. The van der Waals surface area contributed by atoms with Crippen LogP contribution in [0.1, 0.15) is 21.5 Å². The molecule has 2 aromatic carbocycles. The molecule has 0 saturated heterocycles. The average Bonchev–Trinajstić information content (AvgIpc) is 2.33. The van der Waals surface area contributed by atoms with Crippen molar-refractivity contribution >= 4 is 18.5 Å². The van der Waals surface area contributed by atoms with Crippen molar-refractivity contribution in [1.29, 1.82) is 0 Å². The van der Waals surface area contributed by atoms with Gasteiger partial charge < -0.3 is 5.73 Å². The lowest BCUT2D eigenvalue weighted by Crippen LogP contribution is -2.14. The van der Waals surface area contributed by atoms with E-state index >= 15 is 0 Å². The molecule has 1 amide bonds. The van der Waals surface area contributed by atoms with Crippen molar-refractivity contribution in [3.8, 4) is 0 Å². The molecule has 0 saturated carbocycles. The summed E-state index contributed by atoms with van der Waals surface area (Å²) in [5.41, 5.74) is 7.93. The number of hydrogen-bond acceptors (Lipinski definition) is 2. The molecule has 0 atom stereocenters. The number of hydrogen-bond donors (Lipinski definition) is 2. The maximum Gasteiger partial charge on any atom is 0.249 e. The second-order valence-corrected chi connectivity index (χ2v) is 4.31. The van der Waals surface area contributed by atoms with Crippen LogP contribution in [-0.4, -0.2) is 5.91 Å². The van der Waals surface area contributed by atoms with Gasteiger partial charge in [-0.25, -0.2) is 0 Å². The van der Waals surface area contributed by atoms with Crippen molar-refractivity contribution in [2.45, 2.75) is 11.3 Å². The lowest BCUT2D eigenvalue weighted by Gasteiger charge is -2.09. The molecule has 0 aromatic heterocycles. The Balaban J connectivity index is 2.41. The number of primary amides is 1. The van der Waals surface area contributed by atoms with Gasteiger partial charge in [0.15, 0.2) is 0 Å². The standard InChI is InChI=1S/C14H13NOS/c15-14(16)11-7-4-8-13(17)12(11)9-10-5-2-1-3-6-10/h1-8,17H,9H2,(H2,15,16). The zero-order valence-corrected chi connectivity index (χ0v) is 10.2. The van der Waals surface area contributed by atoms with Crippen LogP contribution >= 0.6 is 12.6 Å². The van der Waals surface area contributed by atoms with Gasteiger partial charge in [-0.1, -0.05) is 36.4 Å². The normalized spacial score (nSPS) is 10.2. The van der Waals surface area contributed by atoms with Crippen LogP contribution in [0, 0.1) is 0 Å². The van der Waals surface area contributed by atoms with E-state index in [9.17, 15) is 4.79 Å². The third-order valence-corrected chi connectivity index (χ3v) is 3.06. The minimum Gasteiger partial charge on any atom is -0.366 e. The zero-order valence-electron chi connectivity index (χ0n) is 9.26. The van der Waals surface area contributed by atoms with Crippen LogP contribution in [0.15, 0.2) is 53.4 Å². The van der Waals surface area contributed by atoms with E-state index in [-0.39, 0.29) is 0 Å². The van der Waals surface area contributed by atoms with Gasteiger partial charge in [0, 0.05) is 10.5 Å². The van der Waals surface area contributed by atoms with Gasteiger partial charge in [-0.05, 0) is 29.7 Å². The molecule has 2 N–H and O–H groups in total. The molecule has 2 aromatic rings. The molecule has 0 aliphatic rings. The summed E-state index contributed by atoms with van der Waals surface area (Å²) < 4.78 is 0. The van der Waals surface area contributed by atoms with Crippen LogP contribution in [0.5, 0.6) is 0 Å². The molecule has 17 heavy (non-hydrogen) atoms. The maximum atomic E-state index is 11.4. The minimum absolute atomic E-state index is 0.410. The van der Waals surface area contributed by atoms with E-state index in [1.807, 2.05) is 36.4 Å². The quantitative estimate of drug-likeness (QED) is 0.800. The highest BCUT2D eigenvalue weighted by Crippen LogP contribution is 2.21. The first-order chi connectivity index (χ1) is 8.18. The van der Waals surface area contributed by atoms with Gasteiger partial charge in [-0.3, -0.25) is 4.79 Å². The number of rotatable bonds is 3. The van der Waals surface area contributed by atoms with Gasteiger partial charge in [-0.15, -0.1) is 12.6 Å². The highest BCUT2D eigenvalue weighted by Gasteiger charge is 2.10. The van der Waals surface area contributed by atoms with Crippen LogP contribution in [0.2, 0.25) is 0 Å². The Hall–Kier alpha value is -1.74. The number of carbonyl (C=O) groups excluding carboxylic acids is 1. The fourth-order valence-electron chi connectivity index (χ4n) is 1.79. The van der Waals surface area contributed by atoms with Crippen LogP contribution in [0.4, 0.5) is 0 Å². The fourth-order valence-corrected chi connectivity index (χ4v) is 2.08. The highest BCUT2D eigenvalue weighted by atomic mass is 32.1. The Kier molecular flexibility index (Phi) is 3.49. The summed E-state index contributed by atoms with van der Waals surface area (Å²) in [6.07, 6.45) is 0.665. The summed E-state index contributed by atoms with van der Waals surface area (Å²) in [7, 11) is 0. The fraction of sp³-hybridized carbons (Fsp3) is 0.0714. The van der Waals surface area contributed by atoms with Crippen molar-refractivity contribution in [3.63, 3.8) is 0 Å². The topological polar surface area (TPSA) is 43.1 Å². The molecule has 0 radical (unpaired) electrons. The van der Waals surface area contributed by atoms with Crippen LogP contribution in [0.25, 0.3) is 0 Å². The largest absolute Gasteiger partial charge is 0.366 e. The third-order valence-electron chi connectivity index (χ3n) is 2.64. The first kappa shape index (κ1) is 11.7. The lowest BCUT2D eigenvalue weighted by molar-refractivity contribution is 0.0999. The Labute approximate surface area is 106 Å². The number of nitrogens with two attached hydrogens (primary N) is 1. The van der Waals surface area contributed by atoms with Gasteiger partial charge >= 0.3 is 0 Å². The van der Waals surface area contributed by atoms with E-state index in [0.717, 1.165) is 16.0 Å². The molecule has 2 rings (SSSR count). The molecule has 86 valence electrons.